The molecule has 41 heavy (non-hydrogen) atoms. The number of halogens is 4. The standard InChI is InChI=1S/C29H30F4N6O2/c1-28(30)9-11-37(12-10-28)26(40)20-14-22(29(31,32)33)23-16-38(27(41)39(23)15-20)21-8-4-7-19(13-21)24(18-5-3-6-18)25-35-34-17-36(25)2/h4,7-8,13-18,24H,3,5-6,9-12H2,1-2H3/q+1/t24-/m1/s1. The smallest absolute Gasteiger partial charge is 0.338 e. The molecule has 1 saturated heterocycles. The summed E-state index contributed by atoms with van der Waals surface area (Å²) in [6.45, 7) is 1.62. The van der Waals surface area contributed by atoms with Crippen LogP contribution in [0, 0.1) is 12.1 Å². The third kappa shape index (κ3) is 4.97. The second-order valence-corrected chi connectivity index (χ2v) is 11.4. The van der Waals surface area contributed by atoms with Gasteiger partial charge in [-0.1, -0.05) is 18.6 Å². The molecular weight excluding hydrogens is 540 g/mol. The van der Waals surface area contributed by atoms with Gasteiger partial charge >= 0.3 is 24.4 Å². The van der Waals surface area contributed by atoms with E-state index in [0.29, 0.717) is 11.6 Å². The quantitative estimate of drug-likeness (QED) is 0.297. The van der Waals surface area contributed by atoms with Crippen molar-refractivity contribution in [3.8, 4) is 5.69 Å². The first-order valence-corrected chi connectivity index (χ1v) is 13.7. The topological polar surface area (TPSA) is 74.4 Å². The molecular formula is C29H30F4N6O2+. The number of hydrogen-bond donors (Lipinski definition) is 0. The lowest BCUT2D eigenvalue weighted by Gasteiger charge is -2.34. The van der Waals surface area contributed by atoms with Crippen molar-refractivity contribution in [2.45, 2.75) is 56.8 Å². The van der Waals surface area contributed by atoms with Crippen molar-refractivity contribution in [3.63, 3.8) is 0 Å². The fourth-order valence-electron chi connectivity index (χ4n) is 5.92. The third-order valence-electron chi connectivity index (χ3n) is 8.57. The molecule has 2 fully saturated rings. The second kappa shape index (κ2) is 9.92. The fourth-order valence-corrected chi connectivity index (χ4v) is 5.92. The number of likely N-dealkylation sites (N-methyl/N-ethyl adjacent to an activating group) is 1. The molecule has 2 aliphatic heterocycles. The Bertz CT molecular complexity index is 1620. The molecule has 1 aliphatic carbocycles. The van der Waals surface area contributed by atoms with Crippen LogP contribution in [0.15, 0.2) is 57.7 Å². The normalized spacial score (nSPS) is 20.3. The van der Waals surface area contributed by atoms with Crippen molar-refractivity contribution in [1.29, 1.82) is 0 Å². The minimum atomic E-state index is -4.82. The minimum absolute atomic E-state index is 0.0744. The molecule has 0 bridgehead atoms. The van der Waals surface area contributed by atoms with Gasteiger partial charge < -0.3 is 4.90 Å². The number of pyridine rings is 1. The van der Waals surface area contributed by atoms with Crippen LogP contribution in [0.3, 0.4) is 0 Å². The van der Waals surface area contributed by atoms with Crippen LogP contribution in [0.5, 0.6) is 0 Å². The molecule has 215 valence electrons. The van der Waals surface area contributed by atoms with Gasteiger partial charge in [-0.2, -0.15) is 13.2 Å². The SMILES string of the molecule is C[N+]1=CN=N[C]1[C@@H](c1cccc(-n2cc3c(C(F)(F)F)cc(C(=O)N4CCC(C)(F)CC4)cn3c2=O)c1)C1CCC1. The number of aromatic nitrogens is 2. The molecule has 12 heteroatoms. The highest BCUT2D eigenvalue weighted by atomic mass is 19.4. The molecule has 2 aromatic heterocycles. The van der Waals surface area contributed by atoms with Crippen LogP contribution < -0.4 is 5.69 Å². The number of fused-ring (bicyclic) bond motifs is 1. The average Bonchev–Trinajstić information content (AvgIpc) is 3.47. The summed E-state index contributed by atoms with van der Waals surface area (Å²) in [6, 6.07) is 7.96. The number of alkyl halides is 4. The number of nitrogens with zero attached hydrogens (tertiary/aromatic N) is 6. The first-order chi connectivity index (χ1) is 19.4. The minimum Gasteiger partial charge on any atom is -0.338 e. The van der Waals surface area contributed by atoms with E-state index in [1.807, 2.05) is 17.7 Å². The number of carbonyl (C=O) groups excluding carboxylic acids is 1. The largest absolute Gasteiger partial charge is 0.418 e. The van der Waals surface area contributed by atoms with Crippen molar-refractivity contribution in [1.82, 2.24) is 13.9 Å². The molecule has 1 radical (unpaired) electrons. The maximum Gasteiger partial charge on any atom is 0.418 e. The van der Waals surface area contributed by atoms with E-state index in [4.69, 9.17) is 0 Å². The number of amides is 1. The molecule has 0 N–H and O–H groups in total. The van der Waals surface area contributed by atoms with Gasteiger partial charge in [-0.15, -0.1) is 0 Å². The molecule has 4 heterocycles. The number of carbonyl (C=O) groups is 1. The van der Waals surface area contributed by atoms with Gasteiger partial charge in [0, 0.05) is 25.5 Å². The van der Waals surface area contributed by atoms with Crippen LogP contribution in [-0.2, 0) is 6.18 Å². The Morgan fingerprint density at radius 2 is 1.88 bits per heavy atom. The molecule has 3 aromatic rings. The molecule has 3 aliphatic rings. The lowest BCUT2D eigenvalue weighted by atomic mass is 9.71. The molecule has 0 unspecified atom stereocenters. The number of hydrogen-bond acceptors (Lipinski definition) is 4. The van der Waals surface area contributed by atoms with Crippen molar-refractivity contribution in [2.75, 3.05) is 20.1 Å². The van der Waals surface area contributed by atoms with E-state index in [9.17, 15) is 27.2 Å². The maximum absolute atomic E-state index is 14.3. The number of rotatable bonds is 5. The van der Waals surface area contributed by atoms with Crippen LogP contribution in [-0.4, -0.2) is 56.5 Å². The summed E-state index contributed by atoms with van der Waals surface area (Å²) >= 11 is 0. The summed E-state index contributed by atoms with van der Waals surface area (Å²) < 4.78 is 60.9. The lowest BCUT2D eigenvalue weighted by molar-refractivity contribution is -0.480. The predicted octanol–water partition coefficient (Wildman–Crippen LogP) is 5.58. The van der Waals surface area contributed by atoms with Crippen molar-refractivity contribution < 1.29 is 26.9 Å². The number of likely N-dealkylation sites (tertiary alicyclic amines) is 1. The lowest BCUT2D eigenvalue weighted by Crippen LogP contribution is -2.43. The second-order valence-electron chi connectivity index (χ2n) is 11.4. The summed E-state index contributed by atoms with van der Waals surface area (Å²) in [5, 5.41) is 8.35. The van der Waals surface area contributed by atoms with Gasteiger partial charge in [-0.25, -0.2) is 13.8 Å². The van der Waals surface area contributed by atoms with Gasteiger partial charge in [0.25, 0.3) is 5.91 Å². The zero-order valence-corrected chi connectivity index (χ0v) is 22.7. The highest BCUT2D eigenvalue weighted by Gasteiger charge is 2.42. The summed E-state index contributed by atoms with van der Waals surface area (Å²) in [5.41, 5.74) is -2.58. The van der Waals surface area contributed by atoms with E-state index in [1.54, 1.807) is 24.5 Å². The van der Waals surface area contributed by atoms with E-state index >= 15 is 0 Å². The number of piperidine rings is 1. The molecule has 1 amide bonds. The van der Waals surface area contributed by atoms with Gasteiger partial charge in [-0.05, 0) is 67.4 Å². The summed E-state index contributed by atoms with van der Waals surface area (Å²) in [4.78, 5) is 28.1. The number of imidazole rings is 1. The van der Waals surface area contributed by atoms with Crippen molar-refractivity contribution in [3.05, 3.63) is 76.1 Å². The highest BCUT2D eigenvalue weighted by molar-refractivity contribution is 5.95. The molecule has 1 saturated carbocycles. The zero-order valence-electron chi connectivity index (χ0n) is 22.7. The van der Waals surface area contributed by atoms with E-state index < -0.39 is 29.0 Å². The van der Waals surface area contributed by atoms with Gasteiger partial charge in [0.1, 0.15) is 5.67 Å². The van der Waals surface area contributed by atoms with E-state index in [2.05, 4.69) is 10.2 Å². The van der Waals surface area contributed by atoms with Crippen LogP contribution in [0.2, 0.25) is 0 Å². The van der Waals surface area contributed by atoms with Crippen LogP contribution in [0.25, 0.3) is 11.2 Å². The monoisotopic (exact) mass is 570 g/mol. The van der Waals surface area contributed by atoms with Crippen molar-refractivity contribution >= 4 is 17.8 Å². The molecule has 0 spiro atoms. The van der Waals surface area contributed by atoms with Crippen LogP contribution in [0.4, 0.5) is 17.6 Å². The molecule has 1 aromatic carbocycles. The Kier molecular flexibility index (Phi) is 6.61. The van der Waals surface area contributed by atoms with Gasteiger partial charge in [-0.3, -0.25) is 13.8 Å². The Balaban J connectivity index is 1.42. The number of azo groups is 1. The Hall–Kier alpha value is -3.83. The molecule has 1 atom stereocenters. The Labute approximate surface area is 233 Å². The zero-order chi connectivity index (χ0) is 29.1. The van der Waals surface area contributed by atoms with E-state index in [-0.39, 0.29) is 42.9 Å². The van der Waals surface area contributed by atoms with E-state index in [0.717, 1.165) is 53.9 Å². The maximum atomic E-state index is 14.3. The van der Waals surface area contributed by atoms with Crippen LogP contribution >= 0.6 is 0 Å². The molecule has 8 nitrogen and oxygen atoms in total. The summed E-state index contributed by atoms with van der Waals surface area (Å²) in [5.74, 6) is -0.399. The third-order valence-corrected chi connectivity index (χ3v) is 8.57. The summed E-state index contributed by atoms with van der Waals surface area (Å²) in [6.07, 6.45) is 3.24. The predicted molar refractivity (Wildman–Crippen MR) is 143 cm³/mol. The molecule has 6 rings (SSSR count). The Morgan fingerprint density at radius 3 is 2.49 bits per heavy atom. The summed E-state index contributed by atoms with van der Waals surface area (Å²) in [7, 11) is 1.87. The van der Waals surface area contributed by atoms with Crippen molar-refractivity contribution in [2.24, 2.45) is 16.1 Å². The highest BCUT2D eigenvalue weighted by Crippen LogP contribution is 2.46. The first-order valence-electron chi connectivity index (χ1n) is 13.7. The average molecular weight is 571 g/mol. The number of benzene rings is 1. The van der Waals surface area contributed by atoms with Gasteiger partial charge in [0.05, 0.1) is 40.4 Å². The Morgan fingerprint density at radius 1 is 1.15 bits per heavy atom. The first kappa shape index (κ1) is 27.3. The van der Waals surface area contributed by atoms with Gasteiger partial charge in [0.2, 0.25) is 0 Å². The van der Waals surface area contributed by atoms with Crippen LogP contribution in [0.1, 0.15) is 66.4 Å². The van der Waals surface area contributed by atoms with E-state index in [1.165, 1.54) is 16.4 Å². The van der Waals surface area contributed by atoms with Gasteiger partial charge in [0.15, 0.2) is 0 Å². The fraction of sp³-hybridized carbons (Fsp3) is 0.448.